The number of nitrogen functional groups attached to an aromatic ring is 1. The van der Waals surface area contributed by atoms with Crippen LogP contribution in [0, 0.1) is 0 Å². The quantitative estimate of drug-likeness (QED) is 0.877. The summed E-state index contributed by atoms with van der Waals surface area (Å²) in [6.07, 6.45) is 4.31. The van der Waals surface area contributed by atoms with Gasteiger partial charge in [0.25, 0.3) is 0 Å². The van der Waals surface area contributed by atoms with Crippen molar-refractivity contribution >= 4 is 23.1 Å². The molecule has 1 aliphatic carbocycles. The van der Waals surface area contributed by atoms with E-state index in [1.807, 2.05) is 24.3 Å². The van der Waals surface area contributed by atoms with Crippen LogP contribution in [-0.4, -0.2) is 10.8 Å². The van der Waals surface area contributed by atoms with Crippen LogP contribution >= 0.6 is 11.6 Å². The van der Waals surface area contributed by atoms with Crippen molar-refractivity contribution in [3.63, 3.8) is 0 Å². The zero-order valence-corrected chi connectivity index (χ0v) is 11.7. The number of benzene rings is 1. The van der Waals surface area contributed by atoms with Crippen molar-refractivity contribution in [3.8, 4) is 0 Å². The topological polar surface area (TPSA) is 56.0 Å². The molecule has 1 aromatic heterocycles. The van der Waals surface area contributed by atoms with E-state index < -0.39 is 5.41 Å². The fourth-order valence-corrected chi connectivity index (χ4v) is 2.86. The van der Waals surface area contributed by atoms with E-state index >= 15 is 0 Å². The second-order valence-corrected chi connectivity index (χ2v) is 5.68. The van der Waals surface area contributed by atoms with Gasteiger partial charge in [-0.3, -0.25) is 9.78 Å². The molecule has 1 aromatic carbocycles. The standard InChI is InChI=1S/C16H15ClN2O/c17-12-4-2-11(3-5-12)16(8-1-9-16)15(20)14-7-6-13(18)10-19-14/h2-7,10H,1,8-9,18H2. The Balaban J connectivity index is 1.98. The zero-order valence-electron chi connectivity index (χ0n) is 11.0. The number of rotatable bonds is 3. The summed E-state index contributed by atoms with van der Waals surface area (Å²) < 4.78 is 0. The number of Topliss-reactive ketones (excluding diaryl/α,β-unsaturated/α-hetero) is 1. The van der Waals surface area contributed by atoms with Crippen LogP contribution < -0.4 is 5.73 Å². The molecule has 3 nitrogen and oxygen atoms in total. The number of nitrogens with zero attached hydrogens (tertiary/aromatic N) is 1. The minimum absolute atomic E-state index is 0.0751. The SMILES string of the molecule is Nc1ccc(C(=O)C2(c3ccc(Cl)cc3)CCC2)nc1. The number of pyridine rings is 1. The molecule has 2 aromatic rings. The highest BCUT2D eigenvalue weighted by atomic mass is 35.5. The Hall–Kier alpha value is -1.87. The van der Waals surface area contributed by atoms with Crippen molar-refractivity contribution in [2.45, 2.75) is 24.7 Å². The normalized spacial score (nSPS) is 16.4. The van der Waals surface area contributed by atoms with Gasteiger partial charge in [0, 0.05) is 5.02 Å². The third-order valence-electron chi connectivity index (χ3n) is 4.06. The second kappa shape index (κ2) is 4.91. The maximum atomic E-state index is 12.8. The molecule has 0 amide bonds. The predicted molar refractivity (Wildman–Crippen MR) is 80.0 cm³/mol. The van der Waals surface area contributed by atoms with Crippen LogP contribution in [0.2, 0.25) is 5.02 Å². The van der Waals surface area contributed by atoms with Gasteiger partial charge in [-0.05, 0) is 42.7 Å². The van der Waals surface area contributed by atoms with Gasteiger partial charge in [0.15, 0.2) is 5.78 Å². The first-order valence-electron chi connectivity index (χ1n) is 6.64. The molecule has 20 heavy (non-hydrogen) atoms. The van der Waals surface area contributed by atoms with Crippen molar-refractivity contribution in [1.29, 1.82) is 0 Å². The summed E-state index contributed by atoms with van der Waals surface area (Å²) in [5.74, 6) is 0.0751. The molecule has 1 saturated carbocycles. The smallest absolute Gasteiger partial charge is 0.191 e. The number of nitrogens with two attached hydrogens (primary N) is 1. The highest BCUT2D eigenvalue weighted by Crippen LogP contribution is 2.46. The average molecular weight is 287 g/mol. The summed E-state index contributed by atoms with van der Waals surface area (Å²) in [4.78, 5) is 17.0. The molecule has 1 aliphatic rings. The van der Waals surface area contributed by atoms with E-state index in [4.69, 9.17) is 17.3 Å². The Morgan fingerprint density at radius 3 is 2.35 bits per heavy atom. The number of halogens is 1. The van der Waals surface area contributed by atoms with E-state index in [2.05, 4.69) is 4.98 Å². The maximum Gasteiger partial charge on any atom is 0.191 e. The largest absolute Gasteiger partial charge is 0.397 e. The van der Waals surface area contributed by atoms with Gasteiger partial charge in [0.05, 0.1) is 17.3 Å². The van der Waals surface area contributed by atoms with Gasteiger partial charge in [0.2, 0.25) is 0 Å². The van der Waals surface area contributed by atoms with Gasteiger partial charge in [-0.1, -0.05) is 30.2 Å². The van der Waals surface area contributed by atoms with E-state index in [0.29, 0.717) is 16.4 Å². The number of ketones is 1. The Labute approximate surface area is 122 Å². The second-order valence-electron chi connectivity index (χ2n) is 5.25. The Morgan fingerprint density at radius 2 is 1.85 bits per heavy atom. The molecule has 0 spiro atoms. The van der Waals surface area contributed by atoms with Crippen LogP contribution in [0.5, 0.6) is 0 Å². The molecule has 4 heteroatoms. The molecule has 3 rings (SSSR count). The van der Waals surface area contributed by atoms with E-state index in [9.17, 15) is 4.79 Å². The lowest BCUT2D eigenvalue weighted by Crippen LogP contribution is -2.42. The Bertz CT molecular complexity index is 631. The molecule has 1 heterocycles. The van der Waals surface area contributed by atoms with Gasteiger partial charge in [-0.25, -0.2) is 0 Å². The third kappa shape index (κ3) is 2.08. The number of hydrogen-bond acceptors (Lipinski definition) is 3. The summed E-state index contributed by atoms with van der Waals surface area (Å²) in [6.45, 7) is 0. The zero-order chi connectivity index (χ0) is 14.2. The Morgan fingerprint density at radius 1 is 1.15 bits per heavy atom. The highest BCUT2D eigenvalue weighted by molar-refractivity contribution is 6.30. The van der Waals surface area contributed by atoms with E-state index in [1.165, 1.54) is 6.20 Å². The van der Waals surface area contributed by atoms with Crippen LogP contribution in [0.4, 0.5) is 5.69 Å². The minimum atomic E-state index is -0.437. The molecule has 0 unspecified atom stereocenters. The fourth-order valence-electron chi connectivity index (χ4n) is 2.73. The highest BCUT2D eigenvalue weighted by Gasteiger charge is 2.46. The summed E-state index contributed by atoms with van der Waals surface area (Å²) in [6, 6.07) is 11.0. The van der Waals surface area contributed by atoms with Gasteiger partial charge >= 0.3 is 0 Å². The van der Waals surface area contributed by atoms with Gasteiger partial charge in [-0.2, -0.15) is 0 Å². The van der Waals surface area contributed by atoms with Crippen molar-refractivity contribution in [2.24, 2.45) is 0 Å². The number of carbonyl (C=O) groups excluding carboxylic acids is 1. The first kappa shape index (κ1) is 13.1. The molecule has 0 aliphatic heterocycles. The Kier molecular flexibility index (Phi) is 3.22. The monoisotopic (exact) mass is 286 g/mol. The molecule has 2 N–H and O–H groups in total. The first-order chi connectivity index (χ1) is 9.62. The van der Waals surface area contributed by atoms with Crippen LogP contribution in [-0.2, 0) is 5.41 Å². The van der Waals surface area contributed by atoms with Crippen LogP contribution in [0.15, 0.2) is 42.6 Å². The maximum absolute atomic E-state index is 12.8. The fraction of sp³-hybridized carbons (Fsp3) is 0.250. The summed E-state index contributed by atoms with van der Waals surface area (Å²) in [5, 5.41) is 0.682. The minimum Gasteiger partial charge on any atom is -0.397 e. The van der Waals surface area contributed by atoms with E-state index in [0.717, 1.165) is 24.8 Å². The summed E-state index contributed by atoms with van der Waals surface area (Å²) in [5.41, 5.74) is 7.26. The number of hydrogen-bond donors (Lipinski definition) is 1. The number of aromatic nitrogens is 1. The molecular formula is C16H15ClN2O. The predicted octanol–water partition coefficient (Wildman–Crippen LogP) is 3.62. The first-order valence-corrected chi connectivity index (χ1v) is 7.02. The van der Waals surface area contributed by atoms with Crippen LogP contribution in [0.25, 0.3) is 0 Å². The van der Waals surface area contributed by atoms with E-state index in [-0.39, 0.29) is 5.78 Å². The average Bonchev–Trinajstić information content (AvgIpc) is 2.40. The third-order valence-corrected chi connectivity index (χ3v) is 4.31. The lowest BCUT2D eigenvalue weighted by molar-refractivity contribution is 0.0783. The molecule has 0 bridgehead atoms. The molecule has 0 saturated heterocycles. The van der Waals surface area contributed by atoms with E-state index in [1.54, 1.807) is 12.1 Å². The number of carbonyl (C=O) groups is 1. The number of anilines is 1. The van der Waals surface area contributed by atoms with Gasteiger partial charge in [0.1, 0.15) is 5.69 Å². The van der Waals surface area contributed by atoms with Gasteiger partial charge in [-0.15, -0.1) is 0 Å². The van der Waals surface area contributed by atoms with Crippen LogP contribution in [0.1, 0.15) is 35.3 Å². The molecule has 1 fully saturated rings. The lowest BCUT2D eigenvalue weighted by Gasteiger charge is -2.40. The van der Waals surface area contributed by atoms with Crippen molar-refractivity contribution in [1.82, 2.24) is 4.98 Å². The van der Waals surface area contributed by atoms with Crippen LogP contribution in [0.3, 0.4) is 0 Å². The summed E-state index contributed by atoms with van der Waals surface area (Å²) >= 11 is 5.93. The molecule has 0 radical (unpaired) electrons. The molecule has 102 valence electrons. The van der Waals surface area contributed by atoms with Crippen molar-refractivity contribution in [3.05, 3.63) is 58.9 Å². The lowest BCUT2D eigenvalue weighted by atomic mass is 9.61. The molecular weight excluding hydrogens is 272 g/mol. The van der Waals surface area contributed by atoms with Crippen molar-refractivity contribution in [2.75, 3.05) is 5.73 Å². The summed E-state index contributed by atoms with van der Waals surface area (Å²) in [7, 11) is 0. The van der Waals surface area contributed by atoms with Gasteiger partial charge < -0.3 is 5.73 Å². The molecule has 0 atom stereocenters. The van der Waals surface area contributed by atoms with Crippen molar-refractivity contribution < 1.29 is 4.79 Å².